The first-order valence-electron chi connectivity index (χ1n) is 27.4. The number of hydrogen-bond acceptors (Lipinski definition) is 18. The number of nitrogens with zero attached hydrogens (tertiary/aromatic N) is 14. The number of aliphatic hydroxyl groups excluding tert-OH is 3. The van der Waals surface area contributed by atoms with E-state index in [2.05, 4.69) is 97.4 Å². The molecule has 9 rings (SSSR count). The van der Waals surface area contributed by atoms with Gasteiger partial charge in [0, 0.05) is 44.5 Å². The molecule has 0 amide bonds. The molecule has 0 unspecified atom stereocenters. The summed E-state index contributed by atoms with van der Waals surface area (Å²) in [7, 11) is 3.89. The zero-order valence-corrected chi connectivity index (χ0v) is 47.8. The summed E-state index contributed by atoms with van der Waals surface area (Å²) in [5.41, 5.74) is 7.38. The molecule has 0 fully saturated rings. The lowest BCUT2D eigenvalue weighted by Crippen LogP contribution is -2.25. The van der Waals surface area contributed by atoms with E-state index in [1.807, 2.05) is 119 Å². The van der Waals surface area contributed by atoms with Gasteiger partial charge < -0.3 is 59.5 Å². The quantitative estimate of drug-likeness (QED) is 0.0349. The van der Waals surface area contributed by atoms with Crippen LogP contribution in [0.4, 0.5) is 39.6 Å². The Morgan fingerprint density at radius 3 is 1.38 bits per heavy atom. The number of aromatic nitrogens is 12. The van der Waals surface area contributed by atoms with Gasteiger partial charge in [0.2, 0.25) is 23.7 Å². The van der Waals surface area contributed by atoms with E-state index in [1.165, 1.54) is 12.1 Å². The molecule has 0 saturated carbocycles. The monoisotopic (exact) mass is 1100 g/mol. The first-order valence-corrected chi connectivity index (χ1v) is 27.4. The van der Waals surface area contributed by atoms with Crippen LogP contribution in [0.25, 0.3) is 33.5 Å². The number of rotatable bonds is 23. The van der Waals surface area contributed by atoms with Crippen LogP contribution < -0.4 is 30.5 Å². The van der Waals surface area contributed by atoms with Crippen molar-refractivity contribution in [3.05, 3.63) is 121 Å². The molecule has 6 N–H and O–H groups in total. The Balaban J connectivity index is 0.000000174. The molecule has 0 saturated heterocycles. The van der Waals surface area contributed by atoms with Crippen molar-refractivity contribution in [1.82, 2.24) is 58.6 Å². The van der Waals surface area contributed by atoms with Gasteiger partial charge in [-0.25, -0.2) is 19.3 Å². The van der Waals surface area contributed by atoms with Crippen molar-refractivity contribution >= 4 is 68.7 Å². The van der Waals surface area contributed by atoms with Crippen LogP contribution in [0, 0.1) is 5.82 Å². The Labute approximate surface area is 467 Å². The standard InChI is InChI=1S/C20H27FN6O.C19H26N6O.C19H25N5O2/c1-5-16(11-28)23-20-24-18(17-19(25-20)27(12-22-17)13(2)3)26(4)10-14-6-8-15(21)9-7-14;1-5-14(11-26)21-19-22-17(24(4)15-9-7-6-8-10-15)16-18(23-19)25(12-20-16)13(2)3;1-4-15(10-25)21-19-22-17-16(20-12-24(17)13(2)3)18(23-19)26-11-14-8-6-5-7-9-14/h6-9,12-13,16,28H,5,10-11H2,1-4H3,(H,23,24,25);6-10,12-14,26H,5,11H2,1-4H3,(H,21,22,23);5-9,12-13,15,25H,4,10-11H2,1-3H3,(H,21,22,23)/t16-;14-;15-/m111/s1. The molecular weight excluding hydrogens is 1020 g/mol. The molecule has 0 aliphatic heterocycles. The van der Waals surface area contributed by atoms with Crippen molar-refractivity contribution in [3.63, 3.8) is 0 Å². The maximum atomic E-state index is 13.2. The maximum Gasteiger partial charge on any atom is 0.247 e. The number of para-hydroxylation sites is 1. The Kier molecular flexibility index (Phi) is 21.0. The number of hydrogen-bond donors (Lipinski definition) is 6. The summed E-state index contributed by atoms with van der Waals surface area (Å²) in [6.07, 6.45) is 7.63. The number of benzene rings is 3. The van der Waals surface area contributed by atoms with Crippen molar-refractivity contribution in [2.45, 2.75) is 131 Å². The third-order valence-electron chi connectivity index (χ3n) is 13.4. The van der Waals surface area contributed by atoms with Gasteiger partial charge >= 0.3 is 0 Å². The minimum atomic E-state index is -0.257. The number of halogens is 1. The smallest absolute Gasteiger partial charge is 0.247 e. The van der Waals surface area contributed by atoms with Crippen LogP contribution in [-0.4, -0.2) is 126 Å². The summed E-state index contributed by atoms with van der Waals surface area (Å²) >= 11 is 0. The van der Waals surface area contributed by atoms with Crippen molar-refractivity contribution in [2.75, 3.05) is 59.7 Å². The third kappa shape index (κ3) is 14.8. The van der Waals surface area contributed by atoms with Crippen LogP contribution in [-0.2, 0) is 13.2 Å². The molecule has 21 nitrogen and oxygen atoms in total. The van der Waals surface area contributed by atoms with Crippen molar-refractivity contribution in [2.24, 2.45) is 0 Å². The third-order valence-corrected chi connectivity index (χ3v) is 13.4. The molecule has 6 aromatic heterocycles. The fraction of sp³-hybridized carbons (Fsp3) is 0.431. The zero-order chi connectivity index (χ0) is 57.5. The molecule has 0 radical (unpaired) electrons. The van der Waals surface area contributed by atoms with Crippen LogP contribution >= 0.6 is 0 Å². The number of aliphatic hydroxyl groups is 3. The molecule has 426 valence electrons. The molecule has 0 spiro atoms. The SMILES string of the molecule is CC[C@H](CO)Nc1nc(N(C)Cc2ccc(F)cc2)c2ncn(C(C)C)c2n1.CC[C@H](CO)Nc1nc(N(C)c2ccccc2)c2ncn(C(C)C)c2n1.CC[C@H](CO)Nc1nc(OCc2ccccc2)c2ncn(C(C)C)c2n1. The first kappa shape index (κ1) is 59.6. The van der Waals surface area contributed by atoms with Gasteiger partial charge in [0.1, 0.15) is 12.4 Å². The Hall–Kier alpha value is -8.08. The first-order chi connectivity index (χ1) is 38.6. The lowest BCUT2D eigenvalue weighted by atomic mass is 10.2. The Morgan fingerprint density at radius 1 is 0.512 bits per heavy atom. The minimum Gasteiger partial charge on any atom is -0.471 e. The highest BCUT2D eigenvalue weighted by atomic mass is 19.1. The van der Waals surface area contributed by atoms with Gasteiger partial charge in [0.05, 0.1) is 56.9 Å². The lowest BCUT2D eigenvalue weighted by Gasteiger charge is -2.21. The van der Waals surface area contributed by atoms with Gasteiger partial charge in [-0.2, -0.15) is 29.9 Å². The van der Waals surface area contributed by atoms with E-state index < -0.39 is 0 Å². The summed E-state index contributed by atoms with van der Waals surface area (Å²) in [6, 6.07) is 26.7. The molecule has 80 heavy (non-hydrogen) atoms. The second kappa shape index (κ2) is 28.2. The fourth-order valence-electron chi connectivity index (χ4n) is 8.44. The van der Waals surface area contributed by atoms with E-state index in [0.29, 0.717) is 59.4 Å². The average Bonchev–Trinajstić information content (AvgIpc) is 4.28. The minimum absolute atomic E-state index is 0.00208. The molecule has 9 aromatic rings. The number of fused-ring (bicyclic) bond motifs is 3. The van der Waals surface area contributed by atoms with E-state index in [4.69, 9.17) is 9.72 Å². The van der Waals surface area contributed by atoms with Crippen LogP contribution in [0.5, 0.6) is 5.88 Å². The van der Waals surface area contributed by atoms with E-state index in [1.54, 1.807) is 31.1 Å². The highest BCUT2D eigenvalue weighted by molar-refractivity contribution is 5.88. The number of imidazole rings is 3. The molecule has 22 heteroatoms. The molecular formula is C58H78FN17O4. The Bertz CT molecular complexity index is 3320. The topological polar surface area (TPSA) is 243 Å². The van der Waals surface area contributed by atoms with E-state index in [9.17, 15) is 19.7 Å². The van der Waals surface area contributed by atoms with Crippen molar-refractivity contribution in [3.8, 4) is 5.88 Å². The van der Waals surface area contributed by atoms with Crippen LogP contribution in [0.2, 0.25) is 0 Å². The van der Waals surface area contributed by atoms with Gasteiger partial charge in [-0.15, -0.1) is 0 Å². The van der Waals surface area contributed by atoms with Crippen LogP contribution in [0.3, 0.4) is 0 Å². The van der Waals surface area contributed by atoms with Gasteiger partial charge in [0.15, 0.2) is 45.1 Å². The largest absolute Gasteiger partial charge is 0.471 e. The highest BCUT2D eigenvalue weighted by Crippen LogP contribution is 2.32. The lowest BCUT2D eigenvalue weighted by molar-refractivity contribution is 0.270. The van der Waals surface area contributed by atoms with Crippen LogP contribution in [0.15, 0.2) is 104 Å². The zero-order valence-electron chi connectivity index (χ0n) is 47.8. The average molecular weight is 1100 g/mol. The molecule has 0 aliphatic rings. The Morgan fingerprint density at radius 2 is 0.925 bits per heavy atom. The van der Waals surface area contributed by atoms with E-state index >= 15 is 0 Å². The fourth-order valence-corrected chi connectivity index (χ4v) is 8.44. The second-order valence-electron chi connectivity index (χ2n) is 20.3. The highest BCUT2D eigenvalue weighted by Gasteiger charge is 2.22. The van der Waals surface area contributed by atoms with E-state index in [-0.39, 0.29) is 61.9 Å². The summed E-state index contributed by atoms with van der Waals surface area (Å²) in [5, 5.41) is 38.1. The summed E-state index contributed by atoms with van der Waals surface area (Å²) in [4.78, 5) is 45.3. The molecule has 0 aliphatic carbocycles. The summed E-state index contributed by atoms with van der Waals surface area (Å²) in [5.74, 6) is 2.99. The second-order valence-corrected chi connectivity index (χ2v) is 20.3. The van der Waals surface area contributed by atoms with Gasteiger partial charge in [-0.05, 0) is 96.2 Å². The van der Waals surface area contributed by atoms with Crippen LogP contribution in [0.1, 0.15) is 111 Å². The number of anilines is 6. The molecule has 6 heterocycles. The molecule has 3 atom stereocenters. The van der Waals surface area contributed by atoms with Gasteiger partial charge in [-0.1, -0.05) is 81.4 Å². The molecule has 0 bridgehead atoms. The maximum absolute atomic E-state index is 13.2. The van der Waals surface area contributed by atoms with E-state index in [0.717, 1.165) is 58.7 Å². The summed E-state index contributed by atoms with van der Waals surface area (Å²) in [6.45, 7) is 19.5. The normalized spacial score (nSPS) is 12.5. The van der Waals surface area contributed by atoms with Gasteiger partial charge in [-0.3, -0.25) is 0 Å². The number of ether oxygens (including phenoxy) is 1. The molecule has 3 aromatic carbocycles. The number of nitrogens with one attached hydrogen (secondary N) is 3. The summed E-state index contributed by atoms with van der Waals surface area (Å²) < 4.78 is 25.2. The predicted octanol–water partition coefficient (Wildman–Crippen LogP) is 9.89. The predicted molar refractivity (Wildman–Crippen MR) is 315 cm³/mol. The van der Waals surface area contributed by atoms with Crippen molar-refractivity contribution in [1.29, 1.82) is 0 Å². The van der Waals surface area contributed by atoms with Crippen molar-refractivity contribution < 1.29 is 24.4 Å². The van der Waals surface area contributed by atoms with Gasteiger partial charge in [0.25, 0.3) is 0 Å².